The number of aromatic nitrogens is 2. The van der Waals surface area contributed by atoms with Gasteiger partial charge in [-0.3, -0.25) is 0 Å². The van der Waals surface area contributed by atoms with E-state index in [1.807, 2.05) is 42.5 Å². The summed E-state index contributed by atoms with van der Waals surface area (Å²) in [6.07, 6.45) is 3.44. The first kappa shape index (κ1) is 23.8. The molecule has 1 saturated heterocycles. The summed E-state index contributed by atoms with van der Waals surface area (Å²) < 4.78 is 12.7. The molecule has 1 fully saturated rings. The maximum Gasteiger partial charge on any atom is 0.229 e. The van der Waals surface area contributed by atoms with Gasteiger partial charge in [-0.05, 0) is 56.5 Å². The summed E-state index contributed by atoms with van der Waals surface area (Å²) in [7, 11) is -2.49. The Hall–Kier alpha value is -2.31. The van der Waals surface area contributed by atoms with E-state index in [2.05, 4.69) is 25.5 Å². The van der Waals surface area contributed by atoms with Crippen molar-refractivity contribution >= 4 is 64.5 Å². The highest BCUT2D eigenvalue weighted by Gasteiger charge is 2.19. The Morgan fingerprint density at radius 1 is 1.06 bits per heavy atom. The molecule has 3 aromatic rings. The van der Waals surface area contributed by atoms with Gasteiger partial charge >= 0.3 is 0 Å². The van der Waals surface area contributed by atoms with Crippen LogP contribution in [-0.4, -0.2) is 42.4 Å². The number of rotatable bonds is 6. The molecule has 1 aromatic heterocycles. The molecule has 0 saturated carbocycles. The Morgan fingerprint density at radius 3 is 2.48 bits per heavy atom. The maximum absolute atomic E-state index is 12.7. The minimum Gasteiger partial charge on any atom is -0.370 e. The third kappa shape index (κ3) is 5.79. The number of benzene rings is 2. The second-order valence-corrected chi connectivity index (χ2v) is 12.5. The third-order valence-corrected chi connectivity index (χ3v) is 7.70. The molecule has 174 valence electrons. The fraction of sp³-hybridized carbons (Fsp3) is 0.304. The van der Waals surface area contributed by atoms with Crippen LogP contribution < -0.4 is 26.6 Å². The van der Waals surface area contributed by atoms with E-state index in [1.54, 1.807) is 13.3 Å². The van der Waals surface area contributed by atoms with Gasteiger partial charge in [0.1, 0.15) is 12.2 Å². The number of hydrogen-bond acceptors (Lipinski definition) is 7. The first-order valence-corrected chi connectivity index (χ1v) is 14.1. The van der Waals surface area contributed by atoms with E-state index in [1.165, 1.54) is 6.20 Å². The molecule has 0 atom stereocenters. The number of nitrogens with one attached hydrogen (secondary N) is 2. The van der Waals surface area contributed by atoms with Crippen LogP contribution in [0.3, 0.4) is 0 Å². The minimum atomic E-state index is -2.49. The average molecular weight is 505 g/mol. The molecular formula is C23H27Cl2N6OP. The van der Waals surface area contributed by atoms with Crippen molar-refractivity contribution in [1.29, 1.82) is 0 Å². The zero-order chi connectivity index (χ0) is 23.6. The molecule has 2 heterocycles. The number of halogens is 2. The summed E-state index contributed by atoms with van der Waals surface area (Å²) in [6, 6.07) is 13.5. The quantitative estimate of drug-likeness (QED) is 0.384. The molecule has 33 heavy (non-hydrogen) atoms. The van der Waals surface area contributed by atoms with Gasteiger partial charge in [-0.1, -0.05) is 35.3 Å². The van der Waals surface area contributed by atoms with Gasteiger partial charge in [-0.25, -0.2) is 4.98 Å². The standard InChI is InChI=1S/C23H27Cl2N6OP/c1-33(2,32)21-6-4-3-5-19(21)29-22-18(25)14-27-23(30-22)28-16-7-8-20(17(24)13-16)31-11-9-15(26)10-12-31/h3-8,13-15H,9-12,26H2,1-2H3,(H2,27,28,29,30). The predicted molar refractivity (Wildman–Crippen MR) is 140 cm³/mol. The van der Waals surface area contributed by atoms with Crippen LogP contribution in [0.25, 0.3) is 0 Å². The largest absolute Gasteiger partial charge is 0.370 e. The lowest BCUT2D eigenvalue weighted by Gasteiger charge is -2.32. The van der Waals surface area contributed by atoms with Crippen LogP contribution in [0.1, 0.15) is 12.8 Å². The van der Waals surface area contributed by atoms with Crippen molar-refractivity contribution in [1.82, 2.24) is 9.97 Å². The summed E-state index contributed by atoms with van der Waals surface area (Å²) in [5, 5.41) is 8.12. The SMILES string of the molecule is CP(C)(=O)c1ccccc1Nc1nc(Nc2ccc(N3CCC(N)CC3)c(Cl)c2)ncc1Cl. The van der Waals surface area contributed by atoms with Crippen molar-refractivity contribution in [2.45, 2.75) is 18.9 Å². The van der Waals surface area contributed by atoms with Gasteiger partial charge in [0.25, 0.3) is 0 Å². The first-order valence-electron chi connectivity index (χ1n) is 10.7. The normalized spacial score (nSPS) is 14.9. The van der Waals surface area contributed by atoms with Gasteiger partial charge in [0.15, 0.2) is 5.82 Å². The maximum atomic E-state index is 12.7. The Balaban J connectivity index is 1.53. The van der Waals surface area contributed by atoms with E-state index in [-0.39, 0.29) is 6.04 Å². The zero-order valence-corrected chi connectivity index (χ0v) is 21.0. The highest BCUT2D eigenvalue weighted by atomic mass is 35.5. The second kappa shape index (κ2) is 9.90. The van der Waals surface area contributed by atoms with Crippen LogP contribution in [0.15, 0.2) is 48.7 Å². The number of hydrogen-bond donors (Lipinski definition) is 3. The van der Waals surface area contributed by atoms with Gasteiger partial charge in [0.05, 0.1) is 22.6 Å². The molecule has 0 amide bonds. The van der Waals surface area contributed by atoms with Crippen molar-refractivity contribution in [3.05, 3.63) is 58.7 Å². The Kier molecular flexibility index (Phi) is 7.15. The van der Waals surface area contributed by atoms with Crippen LogP contribution in [-0.2, 0) is 4.57 Å². The number of nitrogens with two attached hydrogens (primary N) is 1. The zero-order valence-electron chi connectivity index (χ0n) is 18.6. The summed E-state index contributed by atoms with van der Waals surface area (Å²) in [4.78, 5) is 11.1. The highest BCUT2D eigenvalue weighted by Crippen LogP contribution is 2.39. The van der Waals surface area contributed by atoms with E-state index in [0.717, 1.165) is 42.6 Å². The summed E-state index contributed by atoms with van der Waals surface area (Å²) in [5.74, 6) is 0.783. The second-order valence-electron chi connectivity index (χ2n) is 8.50. The number of nitrogens with zero attached hydrogens (tertiary/aromatic N) is 3. The van der Waals surface area contributed by atoms with Gasteiger partial charge in [-0.15, -0.1) is 0 Å². The number of para-hydroxylation sites is 1. The molecule has 0 bridgehead atoms. The molecule has 2 aromatic carbocycles. The van der Waals surface area contributed by atoms with Crippen LogP contribution >= 0.6 is 30.3 Å². The minimum absolute atomic E-state index is 0.263. The molecule has 1 aliphatic rings. The first-order chi connectivity index (χ1) is 15.7. The Labute approximate surface area is 204 Å². The van der Waals surface area contributed by atoms with E-state index in [4.69, 9.17) is 28.9 Å². The summed E-state index contributed by atoms with van der Waals surface area (Å²) in [5.41, 5.74) is 8.47. The van der Waals surface area contributed by atoms with Gasteiger partial charge in [-0.2, -0.15) is 4.98 Å². The summed E-state index contributed by atoms with van der Waals surface area (Å²) in [6.45, 7) is 5.25. The average Bonchev–Trinajstić information content (AvgIpc) is 2.77. The van der Waals surface area contributed by atoms with Crippen LogP contribution in [0.4, 0.5) is 28.8 Å². The fourth-order valence-electron chi connectivity index (χ4n) is 3.80. The molecule has 4 N–H and O–H groups in total. The van der Waals surface area contributed by atoms with Gasteiger partial charge in [0.2, 0.25) is 5.95 Å². The van der Waals surface area contributed by atoms with E-state index in [9.17, 15) is 4.57 Å². The van der Waals surface area contributed by atoms with Crippen LogP contribution in [0.2, 0.25) is 10.0 Å². The molecule has 0 spiro atoms. The monoisotopic (exact) mass is 504 g/mol. The molecule has 7 nitrogen and oxygen atoms in total. The third-order valence-electron chi connectivity index (χ3n) is 5.57. The molecule has 0 unspecified atom stereocenters. The van der Waals surface area contributed by atoms with Crippen LogP contribution in [0.5, 0.6) is 0 Å². The smallest absolute Gasteiger partial charge is 0.229 e. The Bertz CT molecular complexity index is 1190. The molecular weight excluding hydrogens is 478 g/mol. The van der Waals surface area contributed by atoms with Gasteiger partial charge in [0, 0.05) is 30.1 Å². The predicted octanol–water partition coefficient (Wildman–Crippen LogP) is 5.45. The molecule has 1 aliphatic heterocycles. The molecule has 0 aliphatic carbocycles. The van der Waals surface area contributed by atoms with E-state index in [0.29, 0.717) is 27.5 Å². The van der Waals surface area contributed by atoms with Crippen LogP contribution in [0, 0.1) is 0 Å². The number of anilines is 5. The van der Waals surface area contributed by atoms with Crippen molar-refractivity contribution in [2.75, 3.05) is 42.0 Å². The summed E-state index contributed by atoms with van der Waals surface area (Å²) >= 11 is 12.9. The molecule has 10 heteroatoms. The molecule has 4 rings (SSSR count). The topological polar surface area (TPSA) is 96.2 Å². The lowest BCUT2D eigenvalue weighted by molar-refractivity contribution is 0.501. The lowest BCUT2D eigenvalue weighted by Crippen LogP contribution is -2.39. The fourth-order valence-corrected chi connectivity index (χ4v) is 5.40. The highest BCUT2D eigenvalue weighted by molar-refractivity contribution is 7.70. The van der Waals surface area contributed by atoms with Crippen molar-refractivity contribution < 1.29 is 4.57 Å². The molecule has 0 radical (unpaired) electrons. The van der Waals surface area contributed by atoms with E-state index < -0.39 is 7.14 Å². The Morgan fingerprint density at radius 2 is 1.79 bits per heavy atom. The van der Waals surface area contributed by atoms with Crippen molar-refractivity contribution in [3.63, 3.8) is 0 Å². The van der Waals surface area contributed by atoms with Crippen molar-refractivity contribution in [2.24, 2.45) is 5.73 Å². The van der Waals surface area contributed by atoms with Crippen molar-refractivity contribution in [3.8, 4) is 0 Å². The van der Waals surface area contributed by atoms with E-state index >= 15 is 0 Å². The van der Waals surface area contributed by atoms with Gasteiger partial charge < -0.3 is 25.8 Å². The lowest BCUT2D eigenvalue weighted by atomic mass is 10.1. The number of piperidine rings is 1.